The van der Waals surface area contributed by atoms with Crippen molar-refractivity contribution in [2.24, 2.45) is 5.73 Å². The SMILES string of the molecule is CCC(CC)N(CCO)c1cccc(Cl)c1C(=N)N. The Kier molecular flexibility index (Phi) is 6.12. The molecule has 0 atom stereocenters. The first kappa shape index (κ1) is 15.8. The van der Waals surface area contributed by atoms with E-state index in [9.17, 15) is 5.11 Å². The molecule has 0 saturated carbocycles. The van der Waals surface area contributed by atoms with E-state index in [1.54, 1.807) is 6.07 Å². The van der Waals surface area contributed by atoms with Crippen molar-refractivity contribution >= 4 is 23.1 Å². The molecular formula is C14H22ClN3O. The van der Waals surface area contributed by atoms with Crippen LogP contribution >= 0.6 is 11.6 Å². The van der Waals surface area contributed by atoms with Gasteiger partial charge in [-0.05, 0) is 25.0 Å². The van der Waals surface area contributed by atoms with Crippen molar-refractivity contribution in [2.75, 3.05) is 18.1 Å². The first-order valence-corrected chi connectivity index (χ1v) is 6.94. The highest BCUT2D eigenvalue weighted by Gasteiger charge is 2.20. The van der Waals surface area contributed by atoms with Crippen LogP contribution in [0.15, 0.2) is 18.2 Å². The molecule has 0 heterocycles. The summed E-state index contributed by atoms with van der Waals surface area (Å²) < 4.78 is 0. The molecule has 0 aliphatic heterocycles. The molecule has 0 bridgehead atoms. The van der Waals surface area contributed by atoms with Crippen LogP contribution < -0.4 is 10.6 Å². The Bertz CT molecular complexity index is 433. The summed E-state index contributed by atoms with van der Waals surface area (Å²) in [6.07, 6.45) is 1.92. The molecule has 1 aromatic rings. The molecule has 19 heavy (non-hydrogen) atoms. The molecule has 0 fully saturated rings. The molecule has 0 aliphatic rings. The fraction of sp³-hybridized carbons (Fsp3) is 0.500. The lowest BCUT2D eigenvalue weighted by Crippen LogP contribution is -2.38. The van der Waals surface area contributed by atoms with Crippen LogP contribution in [0.4, 0.5) is 5.69 Å². The van der Waals surface area contributed by atoms with Gasteiger partial charge in [-0.3, -0.25) is 5.41 Å². The second-order valence-electron chi connectivity index (χ2n) is 4.43. The monoisotopic (exact) mass is 283 g/mol. The molecule has 106 valence electrons. The maximum Gasteiger partial charge on any atom is 0.126 e. The zero-order valence-corrected chi connectivity index (χ0v) is 12.2. The van der Waals surface area contributed by atoms with Gasteiger partial charge < -0.3 is 15.7 Å². The largest absolute Gasteiger partial charge is 0.395 e. The third-order valence-electron chi connectivity index (χ3n) is 3.29. The number of benzene rings is 1. The summed E-state index contributed by atoms with van der Waals surface area (Å²) in [4.78, 5) is 2.09. The van der Waals surface area contributed by atoms with E-state index < -0.39 is 0 Å². The summed E-state index contributed by atoms with van der Waals surface area (Å²) in [6.45, 7) is 4.78. The second kappa shape index (κ2) is 7.36. The van der Waals surface area contributed by atoms with Crippen molar-refractivity contribution < 1.29 is 5.11 Å². The Morgan fingerprint density at radius 2 is 2.05 bits per heavy atom. The number of rotatable bonds is 7. The van der Waals surface area contributed by atoms with E-state index >= 15 is 0 Å². The molecule has 4 N–H and O–H groups in total. The van der Waals surface area contributed by atoms with Gasteiger partial charge in [-0.2, -0.15) is 0 Å². The highest BCUT2D eigenvalue weighted by molar-refractivity contribution is 6.34. The van der Waals surface area contributed by atoms with Crippen molar-refractivity contribution in [1.29, 1.82) is 5.41 Å². The van der Waals surface area contributed by atoms with Crippen LogP contribution in [0, 0.1) is 5.41 Å². The zero-order chi connectivity index (χ0) is 14.4. The number of nitrogens with one attached hydrogen (secondary N) is 1. The van der Waals surface area contributed by atoms with Crippen molar-refractivity contribution in [2.45, 2.75) is 32.7 Å². The maximum absolute atomic E-state index is 9.28. The molecule has 0 aromatic heterocycles. The van der Waals surface area contributed by atoms with Crippen molar-refractivity contribution in [3.8, 4) is 0 Å². The van der Waals surface area contributed by atoms with Crippen LogP contribution in [-0.2, 0) is 0 Å². The fourth-order valence-corrected chi connectivity index (χ4v) is 2.63. The van der Waals surface area contributed by atoms with Gasteiger partial charge in [-0.25, -0.2) is 0 Å². The van der Waals surface area contributed by atoms with Crippen LogP contribution in [-0.4, -0.2) is 30.1 Å². The van der Waals surface area contributed by atoms with Crippen LogP contribution in [0.2, 0.25) is 5.02 Å². The number of halogens is 1. The summed E-state index contributed by atoms with van der Waals surface area (Å²) in [5.41, 5.74) is 7.01. The zero-order valence-electron chi connectivity index (χ0n) is 11.5. The van der Waals surface area contributed by atoms with Gasteiger partial charge in [0.25, 0.3) is 0 Å². The standard InChI is InChI=1S/C14H22ClN3O/c1-3-10(4-2)18(8-9-19)12-7-5-6-11(15)13(12)14(16)17/h5-7,10,19H,3-4,8-9H2,1-2H3,(H3,16,17). The van der Waals surface area contributed by atoms with Gasteiger partial charge in [0, 0.05) is 18.3 Å². The topological polar surface area (TPSA) is 73.3 Å². The van der Waals surface area contributed by atoms with E-state index in [-0.39, 0.29) is 12.4 Å². The van der Waals surface area contributed by atoms with Crippen LogP contribution in [0.5, 0.6) is 0 Å². The maximum atomic E-state index is 9.28. The summed E-state index contributed by atoms with van der Waals surface area (Å²) >= 11 is 6.15. The van der Waals surface area contributed by atoms with Gasteiger partial charge in [0.2, 0.25) is 0 Å². The number of aliphatic hydroxyl groups excluding tert-OH is 1. The van der Waals surface area contributed by atoms with E-state index in [4.69, 9.17) is 22.7 Å². The fourth-order valence-electron chi connectivity index (χ4n) is 2.36. The van der Waals surface area contributed by atoms with Gasteiger partial charge >= 0.3 is 0 Å². The molecular weight excluding hydrogens is 262 g/mol. The number of nitrogens with two attached hydrogens (primary N) is 1. The molecule has 0 saturated heterocycles. The van der Waals surface area contributed by atoms with E-state index in [1.165, 1.54) is 0 Å². The average molecular weight is 284 g/mol. The van der Waals surface area contributed by atoms with Crippen molar-refractivity contribution in [1.82, 2.24) is 0 Å². The highest BCUT2D eigenvalue weighted by Crippen LogP contribution is 2.29. The minimum atomic E-state index is -0.0468. The van der Waals surface area contributed by atoms with Crippen molar-refractivity contribution in [3.63, 3.8) is 0 Å². The van der Waals surface area contributed by atoms with E-state index in [2.05, 4.69) is 18.7 Å². The lowest BCUT2D eigenvalue weighted by molar-refractivity contribution is 0.296. The Morgan fingerprint density at radius 3 is 2.53 bits per heavy atom. The lowest BCUT2D eigenvalue weighted by atomic mass is 10.1. The second-order valence-corrected chi connectivity index (χ2v) is 4.84. The molecule has 0 aliphatic carbocycles. The lowest BCUT2D eigenvalue weighted by Gasteiger charge is -2.33. The van der Waals surface area contributed by atoms with Crippen LogP contribution in [0.25, 0.3) is 0 Å². The molecule has 0 unspecified atom stereocenters. The minimum absolute atomic E-state index is 0.0468. The summed E-state index contributed by atoms with van der Waals surface area (Å²) in [6, 6.07) is 5.77. The highest BCUT2D eigenvalue weighted by atomic mass is 35.5. The quantitative estimate of drug-likeness (QED) is 0.532. The molecule has 0 radical (unpaired) electrons. The number of anilines is 1. The number of amidine groups is 1. The summed E-state index contributed by atoms with van der Waals surface area (Å²) in [5, 5.41) is 17.5. The normalized spacial score (nSPS) is 10.8. The van der Waals surface area contributed by atoms with Gasteiger partial charge in [0.1, 0.15) is 5.84 Å². The number of nitrogens with zero attached hydrogens (tertiary/aromatic N) is 1. The number of aliphatic hydroxyl groups is 1. The predicted octanol–water partition coefficient (Wildman–Crippen LogP) is 2.61. The summed E-state index contributed by atoms with van der Waals surface area (Å²) in [5.74, 6) is -0.0468. The van der Waals surface area contributed by atoms with Gasteiger partial charge in [-0.15, -0.1) is 0 Å². The number of hydrogen-bond acceptors (Lipinski definition) is 3. The summed E-state index contributed by atoms with van der Waals surface area (Å²) in [7, 11) is 0. The molecule has 1 rings (SSSR count). The van der Waals surface area contributed by atoms with Gasteiger partial charge in [0.15, 0.2) is 0 Å². The number of hydrogen-bond donors (Lipinski definition) is 3. The van der Waals surface area contributed by atoms with Crippen molar-refractivity contribution in [3.05, 3.63) is 28.8 Å². The van der Waals surface area contributed by atoms with E-state index in [1.807, 2.05) is 12.1 Å². The average Bonchev–Trinajstić information content (AvgIpc) is 2.38. The Morgan fingerprint density at radius 1 is 1.42 bits per heavy atom. The number of nitrogen functional groups attached to an aromatic ring is 1. The molecule has 0 amide bonds. The molecule has 5 heteroatoms. The van der Waals surface area contributed by atoms with Gasteiger partial charge in [0.05, 0.1) is 17.2 Å². The Labute approximate surface area is 119 Å². The minimum Gasteiger partial charge on any atom is -0.395 e. The first-order valence-electron chi connectivity index (χ1n) is 6.57. The molecule has 0 spiro atoms. The van der Waals surface area contributed by atoms with E-state index in [0.717, 1.165) is 18.5 Å². The van der Waals surface area contributed by atoms with E-state index in [0.29, 0.717) is 23.2 Å². The Hall–Kier alpha value is -1.26. The third kappa shape index (κ3) is 3.61. The van der Waals surface area contributed by atoms with Gasteiger partial charge in [-0.1, -0.05) is 31.5 Å². The predicted molar refractivity (Wildman–Crippen MR) is 81.3 cm³/mol. The smallest absolute Gasteiger partial charge is 0.126 e. The van der Waals surface area contributed by atoms with Crippen LogP contribution in [0.3, 0.4) is 0 Å². The van der Waals surface area contributed by atoms with Crippen LogP contribution in [0.1, 0.15) is 32.3 Å². The Balaban J connectivity index is 3.29. The molecule has 4 nitrogen and oxygen atoms in total. The first-order chi connectivity index (χ1) is 9.06. The molecule has 1 aromatic carbocycles. The third-order valence-corrected chi connectivity index (χ3v) is 3.61.